The SMILES string of the molecule is CCNC(=NCC1CCN(Cc2csc(C)n2)CC1)N(C)CCOCC1CC1.I. The van der Waals surface area contributed by atoms with Gasteiger partial charge in [-0.15, -0.1) is 35.3 Å². The van der Waals surface area contributed by atoms with Gasteiger partial charge in [0.05, 0.1) is 17.3 Å². The summed E-state index contributed by atoms with van der Waals surface area (Å²) in [6.45, 7) is 11.9. The van der Waals surface area contributed by atoms with Crippen molar-refractivity contribution in [3.8, 4) is 0 Å². The number of nitrogens with one attached hydrogen (secondary N) is 1. The van der Waals surface area contributed by atoms with Gasteiger partial charge >= 0.3 is 0 Å². The molecule has 0 spiro atoms. The molecule has 1 aromatic heterocycles. The van der Waals surface area contributed by atoms with Crippen molar-refractivity contribution in [2.24, 2.45) is 16.8 Å². The lowest BCUT2D eigenvalue weighted by atomic mass is 9.97. The van der Waals surface area contributed by atoms with E-state index in [2.05, 4.69) is 46.4 Å². The molecule has 1 aliphatic carbocycles. The third-order valence-corrected chi connectivity index (χ3v) is 6.40. The van der Waals surface area contributed by atoms with Crippen molar-refractivity contribution < 1.29 is 4.74 Å². The van der Waals surface area contributed by atoms with Gasteiger partial charge in [0.1, 0.15) is 0 Å². The third-order valence-electron chi connectivity index (χ3n) is 5.58. The normalized spacial score (nSPS) is 18.5. The van der Waals surface area contributed by atoms with Gasteiger partial charge in [0, 0.05) is 45.2 Å². The summed E-state index contributed by atoms with van der Waals surface area (Å²) in [5, 5.41) is 6.79. The van der Waals surface area contributed by atoms with Crippen LogP contribution in [0.1, 0.15) is 43.3 Å². The second-order valence-corrected chi connectivity index (χ2v) is 9.27. The summed E-state index contributed by atoms with van der Waals surface area (Å²) in [6, 6.07) is 0. The van der Waals surface area contributed by atoms with Crippen LogP contribution >= 0.6 is 35.3 Å². The number of piperidine rings is 1. The Hall–Kier alpha value is -0.450. The van der Waals surface area contributed by atoms with E-state index in [0.717, 1.165) is 69.4 Å². The molecule has 0 bridgehead atoms. The van der Waals surface area contributed by atoms with E-state index in [1.807, 2.05) is 0 Å². The van der Waals surface area contributed by atoms with E-state index in [-0.39, 0.29) is 24.0 Å². The zero-order valence-electron chi connectivity index (χ0n) is 18.2. The molecule has 2 heterocycles. The number of likely N-dealkylation sites (tertiary alicyclic amines) is 1. The van der Waals surface area contributed by atoms with E-state index in [9.17, 15) is 0 Å². The average Bonchev–Trinajstić information content (AvgIpc) is 3.43. The smallest absolute Gasteiger partial charge is 0.193 e. The molecule has 2 fully saturated rings. The largest absolute Gasteiger partial charge is 0.379 e. The average molecular weight is 536 g/mol. The van der Waals surface area contributed by atoms with Crippen molar-refractivity contribution in [3.63, 3.8) is 0 Å². The molecular weight excluding hydrogens is 497 g/mol. The zero-order valence-corrected chi connectivity index (χ0v) is 21.4. The van der Waals surface area contributed by atoms with E-state index < -0.39 is 0 Å². The highest BCUT2D eigenvalue weighted by atomic mass is 127. The van der Waals surface area contributed by atoms with Gasteiger partial charge in [-0.2, -0.15) is 0 Å². The second-order valence-electron chi connectivity index (χ2n) is 8.21. The number of hydrogen-bond donors (Lipinski definition) is 1. The summed E-state index contributed by atoms with van der Waals surface area (Å²) in [5.41, 5.74) is 1.22. The van der Waals surface area contributed by atoms with Gasteiger partial charge in [-0.3, -0.25) is 9.89 Å². The molecule has 0 aromatic carbocycles. The Bertz CT molecular complexity index is 614. The van der Waals surface area contributed by atoms with Gasteiger partial charge in [0.2, 0.25) is 0 Å². The van der Waals surface area contributed by atoms with E-state index >= 15 is 0 Å². The molecule has 3 rings (SSSR count). The molecule has 1 aromatic rings. The summed E-state index contributed by atoms with van der Waals surface area (Å²) < 4.78 is 5.78. The van der Waals surface area contributed by atoms with Crippen molar-refractivity contribution in [1.82, 2.24) is 20.1 Å². The molecule has 0 amide bonds. The number of aliphatic imine (C=N–C) groups is 1. The van der Waals surface area contributed by atoms with Crippen LogP contribution in [0.3, 0.4) is 0 Å². The number of nitrogens with zero attached hydrogens (tertiary/aromatic N) is 4. The number of rotatable bonds is 10. The number of thiazole rings is 1. The van der Waals surface area contributed by atoms with Crippen molar-refractivity contribution in [3.05, 3.63) is 16.1 Å². The first kappa shape index (κ1) is 24.8. The van der Waals surface area contributed by atoms with Gasteiger partial charge in [-0.1, -0.05) is 0 Å². The highest BCUT2D eigenvalue weighted by Gasteiger charge is 2.22. The monoisotopic (exact) mass is 535 g/mol. The first-order chi connectivity index (χ1) is 13.6. The molecule has 2 aliphatic rings. The summed E-state index contributed by atoms with van der Waals surface area (Å²) in [7, 11) is 2.11. The topological polar surface area (TPSA) is 53.0 Å². The van der Waals surface area contributed by atoms with Crippen molar-refractivity contribution in [2.45, 2.75) is 46.1 Å². The van der Waals surface area contributed by atoms with Gasteiger partial charge in [-0.05, 0) is 64.5 Å². The highest BCUT2D eigenvalue weighted by molar-refractivity contribution is 14.0. The third kappa shape index (κ3) is 9.06. The molecule has 8 heteroatoms. The van der Waals surface area contributed by atoms with E-state index in [1.165, 1.54) is 31.4 Å². The molecule has 29 heavy (non-hydrogen) atoms. The van der Waals surface area contributed by atoms with Crippen LogP contribution in [0.15, 0.2) is 10.4 Å². The molecule has 0 radical (unpaired) electrons. The van der Waals surface area contributed by atoms with E-state index in [4.69, 9.17) is 9.73 Å². The number of aromatic nitrogens is 1. The molecule has 1 saturated carbocycles. The lowest BCUT2D eigenvalue weighted by Gasteiger charge is -2.31. The number of halogens is 1. The minimum Gasteiger partial charge on any atom is -0.379 e. The maximum Gasteiger partial charge on any atom is 0.193 e. The van der Waals surface area contributed by atoms with E-state index in [0.29, 0.717) is 5.92 Å². The lowest BCUT2D eigenvalue weighted by molar-refractivity contribution is 0.115. The highest BCUT2D eigenvalue weighted by Crippen LogP contribution is 2.28. The van der Waals surface area contributed by atoms with E-state index in [1.54, 1.807) is 11.3 Å². The van der Waals surface area contributed by atoms with Gasteiger partial charge in [-0.25, -0.2) is 4.98 Å². The molecule has 1 N–H and O–H groups in total. The standard InChI is InChI=1S/C21H37N5OS.HI/c1-4-22-21(25(3)11-12-27-15-19-5-6-19)23-13-18-7-9-26(10-8-18)14-20-16-28-17(2)24-20;/h16,18-19H,4-15H2,1-3H3,(H,22,23);1H. The zero-order chi connectivity index (χ0) is 19.8. The quantitative estimate of drug-likeness (QED) is 0.215. The fourth-order valence-electron chi connectivity index (χ4n) is 3.56. The summed E-state index contributed by atoms with van der Waals surface area (Å²) in [4.78, 5) is 14.3. The number of hydrogen-bond acceptors (Lipinski definition) is 5. The van der Waals surface area contributed by atoms with Gasteiger partial charge in [0.15, 0.2) is 5.96 Å². The Kier molecular flexibility index (Phi) is 11.2. The molecule has 166 valence electrons. The van der Waals surface area contributed by atoms with Gasteiger partial charge in [0.25, 0.3) is 0 Å². The molecule has 0 atom stereocenters. The Morgan fingerprint density at radius 2 is 2.07 bits per heavy atom. The molecule has 0 unspecified atom stereocenters. The fraction of sp³-hybridized carbons (Fsp3) is 0.810. The maximum absolute atomic E-state index is 5.78. The summed E-state index contributed by atoms with van der Waals surface area (Å²) in [6.07, 6.45) is 5.14. The number of guanidine groups is 1. The van der Waals surface area contributed by atoms with Crippen molar-refractivity contribution >= 4 is 41.3 Å². The first-order valence-electron chi connectivity index (χ1n) is 10.8. The molecular formula is C21H38IN5OS. The minimum absolute atomic E-state index is 0. The second kappa shape index (κ2) is 13.1. The Morgan fingerprint density at radius 1 is 1.31 bits per heavy atom. The summed E-state index contributed by atoms with van der Waals surface area (Å²) >= 11 is 1.75. The van der Waals surface area contributed by atoms with Crippen LogP contribution in [0.5, 0.6) is 0 Å². The van der Waals surface area contributed by atoms with Crippen molar-refractivity contribution in [2.75, 3.05) is 53.0 Å². The lowest BCUT2D eigenvalue weighted by Crippen LogP contribution is -2.41. The Balaban J connectivity index is 0.00000300. The van der Waals surface area contributed by atoms with Crippen LogP contribution in [0, 0.1) is 18.8 Å². The summed E-state index contributed by atoms with van der Waals surface area (Å²) in [5.74, 6) is 2.53. The van der Waals surface area contributed by atoms with Crippen LogP contribution in [-0.4, -0.2) is 73.7 Å². The van der Waals surface area contributed by atoms with Crippen LogP contribution in [0.2, 0.25) is 0 Å². The molecule has 1 aliphatic heterocycles. The van der Waals surface area contributed by atoms with Crippen molar-refractivity contribution in [1.29, 1.82) is 0 Å². The predicted molar refractivity (Wildman–Crippen MR) is 132 cm³/mol. The Morgan fingerprint density at radius 3 is 2.69 bits per heavy atom. The van der Waals surface area contributed by atoms with Crippen LogP contribution in [0.25, 0.3) is 0 Å². The Labute approximate surface area is 197 Å². The minimum atomic E-state index is 0. The molecule has 6 nitrogen and oxygen atoms in total. The van der Waals surface area contributed by atoms with Crippen LogP contribution in [-0.2, 0) is 11.3 Å². The van der Waals surface area contributed by atoms with Gasteiger partial charge < -0.3 is 15.0 Å². The number of aryl methyl sites for hydroxylation is 1. The van der Waals surface area contributed by atoms with Crippen LogP contribution < -0.4 is 5.32 Å². The maximum atomic E-state index is 5.78. The molecule has 1 saturated heterocycles. The number of likely N-dealkylation sites (N-methyl/N-ethyl adjacent to an activating group) is 1. The predicted octanol–water partition coefficient (Wildman–Crippen LogP) is 3.61. The first-order valence-corrected chi connectivity index (χ1v) is 11.7. The fourth-order valence-corrected chi connectivity index (χ4v) is 4.17. The van der Waals surface area contributed by atoms with Crippen LogP contribution in [0.4, 0.5) is 0 Å². The number of ether oxygens (including phenoxy) is 1.